The molecule has 0 aliphatic carbocycles. The van der Waals surface area contributed by atoms with Gasteiger partial charge in [0.15, 0.2) is 5.82 Å². The number of hydrogen-bond acceptors (Lipinski definition) is 5. The maximum Gasteiger partial charge on any atom is 0.244 e. The Morgan fingerprint density at radius 3 is 3.04 bits per heavy atom. The van der Waals surface area contributed by atoms with E-state index in [0.29, 0.717) is 13.0 Å². The highest BCUT2D eigenvalue weighted by atomic mass is 16.5. The first-order valence-electron chi connectivity index (χ1n) is 9.92. The molecule has 6 heteroatoms. The molecule has 4 rings (SSSR count). The predicted octanol–water partition coefficient (Wildman–Crippen LogP) is 3.96. The van der Waals surface area contributed by atoms with Crippen LogP contribution in [0, 0.1) is 0 Å². The molecule has 0 saturated carbocycles. The van der Waals surface area contributed by atoms with E-state index < -0.39 is 0 Å². The molecular weight excluding hydrogens is 340 g/mol. The zero-order valence-electron chi connectivity index (χ0n) is 16.2. The van der Waals surface area contributed by atoms with Crippen molar-refractivity contribution in [2.75, 3.05) is 20.3 Å². The van der Waals surface area contributed by atoms with E-state index in [1.807, 2.05) is 0 Å². The highest BCUT2D eigenvalue weighted by molar-refractivity contribution is 5.83. The number of rotatable bonds is 7. The summed E-state index contributed by atoms with van der Waals surface area (Å²) in [5.41, 5.74) is 2.67. The van der Waals surface area contributed by atoms with Crippen molar-refractivity contribution < 1.29 is 9.26 Å². The third-order valence-electron chi connectivity index (χ3n) is 5.53. The molecule has 1 aliphatic rings. The summed E-state index contributed by atoms with van der Waals surface area (Å²) in [6, 6.07) is 9.05. The van der Waals surface area contributed by atoms with E-state index in [-0.39, 0.29) is 6.04 Å². The van der Waals surface area contributed by atoms with Crippen LogP contribution in [-0.4, -0.2) is 39.9 Å². The number of aromatic nitrogens is 3. The topological polar surface area (TPSA) is 56.3 Å². The Labute approximate surface area is 160 Å². The van der Waals surface area contributed by atoms with Crippen LogP contribution in [-0.2, 0) is 24.2 Å². The number of nitrogens with zero attached hydrogens (tertiary/aromatic N) is 4. The standard InChI is InChI=1S/C21H28N4O2/c1-3-24-13-10-17-16(7-6-9-18(17)24)15-25-12-5-4-8-19(25)21-22-20(23-27-21)11-14-26-2/h6-7,9-10,13,19H,3-5,8,11-12,14-15H2,1-2H3/t19-/m0/s1. The van der Waals surface area contributed by atoms with Crippen LogP contribution in [0.1, 0.15) is 49.5 Å². The van der Waals surface area contributed by atoms with E-state index in [1.54, 1.807) is 7.11 Å². The first-order valence-corrected chi connectivity index (χ1v) is 9.92. The molecule has 0 spiro atoms. The number of likely N-dealkylation sites (tertiary alicyclic amines) is 1. The summed E-state index contributed by atoms with van der Waals surface area (Å²) in [6.07, 6.45) is 6.36. The second-order valence-corrected chi connectivity index (χ2v) is 7.23. The molecule has 0 N–H and O–H groups in total. The Bertz CT molecular complexity index is 885. The highest BCUT2D eigenvalue weighted by Gasteiger charge is 2.29. The van der Waals surface area contributed by atoms with E-state index in [9.17, 15) is 0 Å². The maximum absolute atomic E-state index is 5.62. The van der Waals surface area contributed by atoms with Crippen LogP contribution in [0.2, 0.25) is 0 Å². The molecular formula is C21H28N4O2. The summed E-state index contributed by atoms with van der Waals surface area (Å²) in [6.45, 7) is 5.76. The second kappa shape index (κ2) is 8.23. The Hall–Kier alpha value is -2.18. The molecule has 0 amide bonds. The average Bonchev–Trinajstić information content (AvgIpc) is 3.34. The van der Waals surface area contributed by atoms with Gasteiger partial charge in [0.2, 0.25) is 5.89 Å². The monoisotopic (exact) mass is 368 g/mol. The number of benzene rings is 1. The van der Waals surface area contributed by atoms with Crippen molar-refractivity contribution in [1.29, 1.82) is 0 Å². The van der Waals surface area contributed by atoms with Gasteiger partial charge in [-0.15, -0.1) is 0 Å². The van der Waals surface area contributed by atoms with E-state index in [2.05, 4.69) is 57.0 Å². The number of ether oxygens (including phenoxy) is 1. The van der Waals surface area contributed by atoms with Gasteiger partial charge in [-0.25, -0.2) is 0 Å². The summed E-state index contributed by atoms with van der Waals surface area (Å²) < 4.78 is 13.0. The number of aryl methyl sites for hydroxylation is 1. The van der Waals surface area contributed by atoms with Gasteiger partial charge in [-0.3, -0.25) is 4.90 Å². The lowest BCUT2D eigenvalue weighted by atomic mass is 10.00. The van der Waals surface area contributed by atoms with E-state index >= 15 is 0 Å². The molecule has 1 fully saturated rings. The largest absolute Gasteiger partial charge is 0.384 e. The second-order valence-electron chi connectivity index (χ2n) is 7.23. The summed E-state index contributed by atoms with van der Waals surface area (Å²) >= 11 is 0. The lowest BCUT2D eigenvalue weighted by Gasteiger charge is -2.33. The minimum absolute atomic E-state index is 0.200. The van der Waals surface area contributed by atoms with Crippen LogP contribution in [0.3, 0.4) is 0 Å². The zero-order chi connectivity index (χ0) is 18.6. The van der Waals surface area contributed by atoms with Crippen molar-refractivity contribution in [3.63, 3.8) is 0 Å². The fraction of sp³-hybridized carbons (Fsp3) is 0.524. The quantitative estimate of drug-likeness (QED) is 0.632. The molecule has 0 bridgehead atoms. The lowest BCUT2D eigenvalue weighted by Crippen LogP contribution is -2.33. The van der Waals surface area contributed by atoms with Crippen LogP contribution in [0.15, 0.2) is 35.0 Å². The molecule has 2 aromatic heterocycles. The number of hydrogen-bond donors (Lipinski definition) is 0. The van der Waals surface area contributed by atoms with Crippen molar-refractivity contribution in [2.24, 2.45) is 0 Å². The lowest BCUT2D eigenvalue weighted by molar-refractivity contribution is 0.112. The summed E-state index contributed by atoms with van der Waals surface area (Å²) in [7, 11) is 1.69. The van der Waals surface area contributed by atoms with E-state index in [1.165, 1.54) is 29.3 Å². The van der Waals surface area contributed by atoms with E-state index in [0.717, 1.165) is 37.8 Å². The van der Waals surface area contributed by atoms with Crippen LogP contribution < -0.4 is 0 Å². The molecule has 144 valence electrons. The first kappa shape index (κ1) is 18.2. The van der Waals surface area contributed by atoms with Gasteiger partial charge in [-0.1, -0.05) is 23.7 Å². The minimum Gasteiger partial charge on any atom is -0.384 e. The van der Waals surface area contributed by atoms with Crippen LogP contribution in [0.25, 0.3) is 10.9 Å². The van der Waals surface area contributed by atoms with Crippen molar-refractivity contribution in [3.8, 4) is 0 Å². The highest BCUT2D eigenvalue weighted by Crippen LogP contribution is 2.32. The predicted molar refractivity (Wildman–Crippen MR) is 104 cm³/mol. The fourth-order valence-corrected chi connectivity index (χ4v) is 4.08. The van der Waals surface area contributed by atoms with Gasteiger partial charge >= 0.3 is 0 Å². The van der Waals surface area contributed by atoms with Crippen molar-refractivity contribution in [1.82, 2.24) is 19.6 Å². The van der Waals surface area contributed by atoms with Crippen LogP contribution in [0.4, 0.5) is 0 Å². The Kier molecular flexibility index (Phi) is 5.55. The number of fused-ring (bicyclic) bond motifs is 1. The van der Waals surface area contributed by atoms with Gasteiger partial charge in [-0.2, -0.15) is 4.98 Å². The van der Waals surface area contributed by atoms with Gasteiger partial charge in [0.1, 0.15) is 0 Å². The molecule has 1 aromatic carbocycles. The number of piperidine rings is 1. The molecule has 27 heavy (non-hydrogen) atoms. The van der Waals surface area contributed by atoms with Crippen molar-refractivity contribution in [3.05, 3.63) is 47.7 Å². The SMILES string of the molecule is CCn1ccc2c(CN3CCCC[C@H]3c3nc(CCOC)no3)cccc21. The smallest absolute Gasteiger partial charge is 0.244 e. The summed E-state index contributed by atoms with van der Waals surface area (Å²) in [5, 5.41) is 5.48. The fourth-order valence-electron chi connectivity index (χ4n) is 4.08. The third kappa shape index (κ3) is 3.77. The zero-order valence-corrected chi connectivity index (χ0v) is 16.2. The Morgan fingerprint density at radius 1 is 1.26 bits per heavy atom. The van der Waals surface area contributed by atoms with Crippen molar-refractivity contribution >= 4 is 10.9 Å². The van der Waals surface area contributed by atoms with Gasteiger partial charge in [0.25, 0.3) is 0 Å². The Balaban J connectivity index is 1.56. The minimum atomic E-state index is 0.200. The number of methoxy groups -OCH3 is 1. The molecule has 1 saturated heterocycles. The van der Waals surface area contributed by atoms with Gasteiger partial charge in [0.05, 0.1) is 12.6 Å². The van der Waals surface area contributed by atoms with Gasteiger partial charge < -0.3 is 13.8 Å². The summed E-state index contributed by atoms with van der Waals surface area (Å²) in [5.74, 6) is 1.48. The molecule has 1 aliphatic heterocycles. The molecule has 0 unspecified atom stereocenters. The average molecular weight is 368 g/mol. The van der Waals surface area contributed by atoms with Gasteiger partial charge in [-0.05, 0) is 44.0 Å². The molecule has 6 nitrogen and oxygen atoms in total. The molecule has 3 aromatic rings. The van der Waals surface area contributed by atoms with Crippen molar-refractivity contribution in [2.45, 2.75) is 51.7 Å². The molecule has 3 heterocycles. The molecule has 1 atom stereocenters. The van der Waals surface area contributed by atoms with Crippen LogP contribution >= 0.6 is 0 Å². The first-order chi connectivity index (χ1) is 13.3. The third-order valence-corrected chi connectivity index (χ3v) is 5.53. The maximum atomic E-state index is 5.62. The summed E-state index contributed by atoms with van der Waals surface area (Å²) in [4.78, 5) is 7.13. The van der Waals surface area contributed by atoms with Gasteiger partial charge in [0, 0.05) is 43.7 Å². The molecule has 0 radical (unpaired) electrons. The van der Waals surface area contributed by atoms with E-state index in [4.69, 9.17) is 9.26 Å². The Morgan fingerprint density at radius 2 is 2.19 bits per heavy atom. The van der Waals surface area contributed by atoms with Crippen LogP contribution in [0.5, 0.6) is 0 Å². The normalized spacial score (nSPS) is 18.4.